The van der Waals surface area contributed by atoms with Gasteiger partial charge < -0.3 is 20.1 Å². The van der Waals surface area contributed by atoms with Gasteiger partial charge in [0, 0.05) is 31.2 Å². The van der Waals surface area contributed by atoms with Crippen LogP contribution in [0.25, 0.3) is 0 Å². The van der Waals surface area contributed by atoms with E-state index in [9.17, 15) is 0 Å². The van der Waals surface area contributed by atoms with E-state index in [0.717, 1.165) is 55.5 Å². The third-order valence-electron chi connectivity index (χ3n) is 3.22. The van der Waals surface area contributed by atoms with Crippen molar-refractivity contribution in [2.75, 3.05) is 32.9 Å². The molecule has 0 radical (unpaired) electrons. The molecule has 2 heterocycles. The number of nitrogens with zero attached hydrogens (tertiary/aromatic N) is 1. The summed E-state index contributed by atoms with van der Waals surface area (Å²) in [6.07, 6.45) is 2.28. The van der Waals surface area contributed by atoms with Crippen molar-refractivity contribution in [2.24, 2.45) is 4.99 Å². The van der Waals surface area contributed by atoms with Crippen molar-refractivity contribution in [3.63, 3.8) is 0 Å². The largest absolute Gasteiger partial charge is 0.379 e. The topological polar surface area (TPSA) is 54.9 Å². The van der Waals surface area contributed by atoms with Gasteiger partial charge in [-0.1, -0.05) is 0 Å². The zero-order chi connectivity index (χ0) is 15.6. The Morgan fingerprint density at radius 2 is 2.35 bits per heavy atom. The van der Waals surface area contributed by atoms with Gasteiger partial charge >= 0.3 is 0 Å². The Hall–Kier alpha value is 0.1000. The van der Waals surface area contributed by atoms with Crippen LogP contribution in [0.2, 0.25) is 0 Å². The summed E-state index contributed by atoms with van der Waals surface area (Å²) in [5, 5.41) is 6.61. The number of aliphatic imine (C=N–C) groups is 1. The molecule has 1 aromatic heterocycles. The first-order chi connectivity index (χ1) is 10.8. The maximum absolute atomic E-state index is 5.75. The summed E-state index contributed by atoms with van der Waals surface area (Å²) in [5.74, 6) is 0.858. The van der Waals surface area contributed by atoms with Crippen LogP contribution >= 0.6 is 51.2 Å². The predicted octanol–water partition coefficient (Wildman–Crippen LogP) is 3.38. The van der Waals surface area contributed by atoms with Crippen molar-refractivity contribution >= 4 is 57.2 Å². The van der Waals surface area contributed by atoms with E-state index in [1.54, 1.807) is 11.3 Å². The van der Waals surface area contributed by atoms with Gasteiger partial charge in [-0.2, -0.15) is 0 Å². The number of hydrogen-bond donors (Lipinski definition) is 2. The molecule has 0 aromatic carbocycles. The van der Waals surface area contributed by atoms with E-state index in [-0.39, 0.29) is 24.0 Å². The lowest BCUT2D eigenvalue weighted by Gasteiger charge is -2.12. The summed E-state index contributed by atoms with van der Waals surface area (Å²) < 4.78 is 12.2. The van der Waals surface area contributed by atoms with Gasteiger partial charge in [-0.25, -0.2) is 4.99 Å². The Balaban J connectivity index is 0.00000264. The summed E-state index contributed by atoms with van der Waals surface area (Å²) >= 11 is 5.19. The lowest BCUT2D eigenvalue weighted by Crippen LogP contribution is -2.38. The lowest BCUT2D eigenvalue weighted by molar-refractivity contribution is 0.0420. The van der Waals surface area contributed by atoms with Crippen molar-refractivity contribution in [1.29, 1.82) is 0 Å². The second kappa shape index (κ2) is 12.5. The van der Waals surface area contributed by atoms with Gasteiger partial charge in [-0.05, 0) is 47.8 Å². The molecule has 0 aliphatic carbocycles. The van der Waals surface area contributed by atoms with Gasteiger partial charge in [0.2, 0.25) is 0 Å². The normalized spacial score (nSPS) is 17.8. The van der Waals surface area contributed by atoms with Crippen molar-refractivity contribution in [1.82, 2.24) is 10.6 Å². The SMILES string of the molecule is CCNC(=NCc1ccc(Br)s1)NCCCOC1CCOC1.I. The van der Waals surface area contributed by atoms with E-state index in [4.69, 9.17) is 9.47 Å². The molecule has 0 spiro atoms. The van der Waals surface area contributed by atoms with Crippen LogP contribution < -0.4 is 10.6 Å². The van der Waals surface area contributed by atoms with Crippen molar-refractivity contribution in [3.8, 4) is 0 Å². The zero-order valence-corrected chi connectivity index (χ0v) is 18.1. The second-order valence-electron chi connectivity index (χ2n) is 5.04. The molecule has 5 nitrogen and oxygen atoms in total. The van der Waals surface area contributed by atoms with Gasteiger partial charge in [0.05, 0.1) is 23.0 Å². The molecule has 1 aliphatic rings. The number of ether oxygens (including phenoxy) is 2. The molecule has 1 saturated heterocycles. The van der Waals surface area contributed by atoms with E-state index >= 15 is 0 Å². The van der Waals surface area contributed by atoms with E-state index in [2.05, 4.69) is 50.6 Å². The van der Waals surface area contributed by atoms with E-state index in [1.807, 2.05) is 0 Å². The Labute approximate surface area is 167 Å². The average Bonchev–Trinajstić information content (AvgIpc) is 3.16. The van der Waals surface area contributed by atoms with Crippen LogP contribution in [0.3, 0.4) is 0 Å². The fraction of sp³-hybridized carbons (Fsp3) is 0.667. The number of hydrogen-bond acceptors (Lipinski definition) is 4. The average molecular weight is 518 g/mol. The first-order valence-electron chi connectivity index (χ1n) is 7.73. The smallest absolute Gasteiger partial charge is 0.191 e. The molecule has 23 heavy (non-hydrogen) atoms. The highest BCUT2D eigenvalue weighted by Crippen LogP contribution is 2.22. The highest BCUT2D eigenvalue weighted by molar-refractivity contribution is 14.0. The third kappa shape index (κ3) is 8.67. The molecule has 2 rings (SSSR count). The van der Waals surface area contributed by atoms with Crippen LogP contribution in [0.5, 0.6) is 0 Å². The molecule has 0 amide bonds. The third-order valence-corrected chi connectivity index (χ3v) is 4.83. The molecule has 1 fully saturated rings. The molecule has 1 atom stereocenters. The number of thiophene rings is 1. The Morgan fingerprint density at radius 1 is 1.48 bits per heavy atom. The molecule has 1 aliphatic heterocycles. The maximum atomic E-state index is 5.75. The van der Waals surface area contributed by atoms with Crippen molar-refractivity contribution in [3.05, 3.63) is 20.8 Å². The number of nitrogens with one attached hydrogen (secondary N) is 2. The quantitative estimate of drug-likeness (QED) is 0.240. The molecule has 8 heteroatoms. The summed E-state index contributed by atoms with van der Waals surface area (Å²) in [6, 6.07) is 4.15. The zero-order valence-electron chi connectivity index (χ0n) is 13.3. The van der Waals surface area contributed by atoms with E-state index in [1.165, 1.54) is 4.88 Å². The van der Waals surface area contributed by atoms with Crippen LogP contribution in [-0.4, -0.2) is 45.0 Å². The molecular weight excluding hydrogens is 493 g/mol. The molecule has 132 valence electrons. The van der Waals surface area contributed by atoms with Crippen molar-refractivity contribution < 1.29 is 9.47 Å². The number of rotatable bonds is 8. The first-order valence-corrected chi connectivity index (χ1v) is 9.34. The van der Waals surface area contributed by atoms with Crippen LogP contribution in [-0.2, 0) is 16.0 Å². The second-order valence-corrected chi connectivity index (χ2v) is 7.59. The van der Waals surface area contributed by atoms with Gasteiger partial charge in [-0.3, -0.25) is 0 Å². The van der Waals surface area contributed by atoms with Crippen LogP contribution in [0.4, 0.5) is 0 Å². The van der Waals surface area contributed by atoms with Gasteiger partial charge in [0.15, 0.2) is 5.96 Å². The molecule has 1 aromatic rings. The molecule has 1 unspecified atom stereocenters. The van der Waals surface area contributed by atoms with Gasteiger partial charge in [0.1, 0.15) is 0 Å². The Bertz CT molecular complexity index is 467. The Kier molecular flexibility index (Phi) is 11.5. The summed E-state index contributed by atoms with van der Waals surface area (Å²) in [6.45, 7) is 6.82. The molecular formula is C15H25BrIN3O2S. The van der Waals surface area contributed by atoms with Crippen LogP contribution in [0, 0.1) is 0 Å². The van der Waals surface area contributed by atoms with Crippen LogP contribution in [0.1, 0.15) is 24.6 Å². The summed E-state index contributed by atoms with van der Waals surface area (Å²) in [5.41, 5.74) is 0. The fourth-order valence-corrected chi connectivity index (χ4v) is 3.52. The molecule has 0 saturated carbocycles. The maximum Gasteiger partial charge on any atom is 0.191 e. The predicted molar refractivity (Wildman–Crippen MR) is 110 cm³/mol. The standard InChI is InChI=1S/C15H24BrN3O2S.HI/c1-2-17-15(19-10-13-4-5-14(16)22-13)18-7-3-8-21-12-6-9-20-11-12;/h4-5,12H,2-3,6-11H2,1H3,(H2,17,18,19);1H. The Morgan fingerprint density at radius 3 is 3.00 bits per heavy atom. The van der Waals surface area contributed by atoms with E-state index in [0.29, 0.717) is 12.6 Å². The number of guanidine groups is 1. The van der Waals surface area contributed by atoms with E-state index < -0.39 is 0 Å². The number of halogens is 2. The van der Waals surface area contributed by atoms with Crippen molar-refractivity contribution in [2.45, 2.75) is 32.4 Å². The highest BCUT2D eigenvalue weighted by Gasteiger charge is 2.15. The van der Waals surface area contributed by atoms with Gasteiger partial charge in [0.25, 0.3) is 0 Å². The first kappa shape index (κ1) is 21.1. The highest BCUT2D eigenvalue weighted by atomic mass is 127. The minimum Gasteiger partial charge on any atom is -0.379 e. The monoisotopic (exact) mass is 517 g/mol. The summed E-state index contributed by atoms with van der Waals surface area (Å²) in [7, 11) is 0. The minimum atomic E-state index is 0. The summed E-state index contributed by atoms with van der Waals surface area (Å²) in [4.78, 5) is 5.84. The molecule has 2 N–H and O–H groups in total. The fourth-order valence-electron chi connectivity index (χ4n) is 2.11. The molecule has 0 bridgehead atoms. The lowest BCUT2D eigenvalue weighted by atomic mass is 10.3. The minimum absolute atomic E-state index is 0. The van der Waals surface area contributed by atoms with Gasteiger partial charge in [-0.15, -0.1) is 35.3 Å². The van der Waals surface area contributed by atoms with Crippen LogP contribution in [0.15, 0.2) is 20.9 Å².